The first-order valence-corrected chi connectivity index (χ1v) is 7.55. The SMILES string of the molecule is COc1cc2ncnc(NC(C(=O)O)c3ccccc3)c2cc1OC. The van der Waals surface area contributed by atoms with Crippen molar-refractivity contribution < 1.29 is 19.4 Å². The first-order valence-electron chi connectivity index (χ1n) is 7.55. The van der Waals surface area contributed by atoms with E-state index in [4.69, 9.17) is 9.47 Å². The molecule has 2 N–H and O–H groups in total. The number of benzene rings is 2. The number of carboxylic acids is 1. The van der Waals surface area contributed by atoms with Crippen molar-refractivity contribution >= 4 is 22.7 Å². The van der Waals surface area contributed by atoms with Crippen LogP contribution in [0.15, 0.2) is 48.8 Å². The number of nitrogens with zero attached hydrogens (tertiary/aromatic N) is 2. The molecule has 0 amide bonds. The molecule has 0 aliphatic carbocycles. The van der Waals surface area contributed by atoms with Crippen molar-refractivity contribution in [1.29, 1.82) is 0 Å². The number of hydrogen-bond acceptors (Lipinski definition) is 6. The second-order valence-corrected chi connectivity index (χ2v) is 5.27. The summed E-state index contributed by atoms with van der Waals surface area (Å²) < 4.78 is 10.6. The summed E-state index contributed by atoms with van der Waals surface area (Å²) in [5.41, 5.74) is 1.24. The molecule has 25 heavy (non-hydrogen) atoms. The molecule has 3 aromatic rings. The first-order chi connectivity index (χ1) is 12.1. The number of aliphatic carboxylic acids is 1. The van der Waals surface area contributed by atoms with Crippen molar-refractivity contribution in [2.24, 2.45) is 0 Å². The van der Waals surface area contributed by atoms with Crippen molar-refractivity contribution in [3.05, 3.63) is 54.4 Å². The van der Waals surface area contributed by atoms with Crippen LogP contribution in [0.3, 0.4) is 0 Å². The van der Waals surface area contributed by atoms with Crippen LogP contribution >= 0.6 is 0 Å². The summed E-state index contributed by atoms with van der Waals surface area (Å²) in [4.78, 5) is 20.1. The van der Waals surface area contributed by atoms with E-state index >= 15 is 0 Å². The van der Waals surface area contributed by atoms with Crippen LogP contribution in [-0.4, -0.2) is 35.3 Å². The van der Waals surface area contributed by atoms with Gasteiger partial charge in [-0.1, -0.05) is 30.3 Å². The molecule has 1 heterocycles. The third kappa shape index (κ3) is 3.30. The van der Waals surface area contributed by atoms with Gasteiger partial charge in [0.2, 0.25) is 0 Å². The second-order valence-electron chi connectivity index (χ2n) is 5.27. The van der Waals surface area contributed by atoms with Gasteiger partial charge in [0.15, 0.2) is 17.5 Å². The minimum absolute atomic E-state index is 0.405. The Labute approximate surface area is 144 Å². The third-order valence-electron chi connectivity index (χ3n) is 3.80. The van der Waals surface area contributed by atoms with Gasteiger partial charge >= 0.3 is 5.97 Å². The number of anilines is 1. The predicted molar refractivity (Wildman–Crippen MR) is 93.1 cm³/mol. The maximum atomic E-state index is 11.7. The lowest BCUT2D eigenvalue weighted by Crippen LogP contribution is -2.21. The molecular weight excluding hydrogens is 322 g/mol. The van der Waals surface area contributed by atoms with Gasteiger partial charge in [-0.2, -0.15) is 0 Å². The van der Waals surface area contributed by atoms with E-state index in [9.17, 15) is 9.90 Å². The van der Waals surface area contributed by atoms with E-state index in [1.807, 2.05) is 6.07 Å². The number of aromatic nitrogens is 2. The van der Waals surface area contributed by atoms with E-state index in [1.165, 1.54) is 13.4 Å². The van der Waals surface area contributed by atoms with Gasteiger partial charge in [-0.05, 0) is 11.6 Å². The van der Waals surface area contributed by atoms with Crippen molar-refractivity contribution in [1.82, 2.24) is 9.97 Å². The van der Waals surface area contributed by atoms with Crippen LogP contribution in [0.5, 0.6) is 11.5 Å². The summed E-state index contributed by atoms with van der Waals surface area (Å²) in [7, 11) is 3.07. The number of rotatable bonds is 6. The van der Waals surface area contributed by atoms with Crippen LogP contribution in [0.2, 0.25) is 0 Å². The van der Waals surface area contributed by atoms with Gasteiger partial charge in [0.25, 0.3) is 0 Å². The van der Waals surface area contributed by atoms with E-state index in [2.05, 4.69) is 15.3 Å². The maximum absolute atomic E-state index is 11.7. The highest BCUT2D eigenvalue weighted by Gasteiger charge is 2.21. The lowest BCUT2D eigenvalue weighted by atomic mass is 10.1. The van der Waals surface area contributed by atoms with Crippen LogP contribution in [0.4, 0.5) is 5.82 Å². The molecular formula is C18H17N3O4. The Morgan fingerprint density at radius 2 is 1.76 bits per heavy atom. The smallest absolute Gasteiger partial charge is 0.330 e. The van der Waals surface area contributed by atoms with Gasteiger partial charge in [0.1, 0.15) is 12.1 Å². The highest BCUT2D eigenvalue weighted by molar-refractivity contribution is 5.93. The summed E-state index contributed by atoms with van der Waals surface area (Å²) in [6.07, 6.45) is 1.38. The van der Waals surface area contributed by atoms with Gasteiger partial charge in [-0.15, -0.1) is 0 Å². The zero-order valence-corrected chi connectivity index (χ0v) is 13.8. The quantitative estimate of drug-likeness (QED) is 0.713. The van der Waals surface area contributed by atoms with E-state index in [0.29, 0.717) is 33.8 Å². The Hall–Kier alpha value is -3.35. The van der Waals surface area contributed by atoms with E-state index in [1.54, 1.807) is 43.5 Å². The monoisotopic (exact) mass is 339 g/mol. The number of nitrogens with one attached hydrogen (secondary N) is 1. The molecule has 0 saturated heterocycles. The number of fused-ring (bicyclic) bond motifs is 1. The summed E-state index contributed by atoms with van der Waals surface area (Å²) in [6.45, 7) is 0. The molecule has 7 nitrogen and oxygen atoms in total. The molecule has 0 saturated carbocycles. The molecule has 128 valence electrons. The highest BCUT2D eigenvalue weighted by Crippen LogP contribution is 2.34. The predicted octanol–water partition coefficient (Wildman–Crippen LogP) is 2.88. The summed E-state index contributed by atoms with van der Waals surface area (Å²) in [5, 5.41) is 13.2. The van der Waals surface area contributed by atoms with Crippen molar-refractivity contribution in [3.63, 3.8) is 0 Å². The molecule has 0 aliphatic heterocycles. The molecule has 0 spiro atoms. The van der Waals surface area contributed by atoms with Gasteiger partial charge in [0, 0.05) is 11.5 Å². The van der Waals surface area contributed by atoms with Crippen molar-refractivity contribution in [2.45, 2.75) is 6.04 Å². The molecule has 3 rings (SSSR count). The number of carboxylic acid groups (broad SMARTS) is 1. The summed E-state index contributed by atoms with van der Waals surface area (Å²) in [6, 6.07) is 11.4. The number of ether oxygens (including phenoxy) is 2. The highest BCUT2D eigenvalue weighted by atomic mass is 16.5. The number of hydrogen-bond donors (Lipinski definition) is 2. The van der Waals surface area contributed by atoms with Gasteiger partial charge in [-0.3, -0.25) is 0 Å². The lowest BCUT2D eigenvalue weighted by Gasteiger charge is -2.17. The van der Waals surface area contributed by atoms with Gasteiger partial charge < -0.3 is 19.9 Å². The fourth-order valence-corrected chi connectivity index (χ4v) is 2.57. The molecule has 0 fully saturated rings. The van der Waals surface area contributed by atoms with E-state index in [0.717, 1.165) is 0 Å². The summed E-state index contributed by atoms with van der Waals surface area (Å²) in [5.74, 6) is 0.456. The molecule has 0 radical (unpaired) electrons. The van der Waals surface area contributed by atoms with Crippen LogP contribution in [0.1, 0.15) is 11.6 Å². The second kappa shape index (κ2) is 7.04. The Morgan fingerprint density at radius 3 is 2.40 bits per heavy atom. The summed E-state index contributed by atoms with van der Waals surface area (Å²) >= 11 is 0. The van der Waals surface area contributed by atoms with Gasteiger partial charge in [-0.25, -0.2) is 14.8 Å². The number of methoxy groups -OCH3 is 2. The van der Waals surface area contributed by atoms with Crippen LogP contribution in [0, 0.1) is 0 Å². The fraction of sp³-hybridized carbons (Fsp3) is 0.167. The molecule has 1 unspecified atom stereocenters. The van der Waals surface area contributed by atoms with E-state index < -0.39 is 12.0 Å². The largest absolute Gasteiger partial charge is 0.493 e. The molecule has 0 aliphatic rings. The molecule has 1 aromatic heterocycles. The van der Waals surface area contributed by atoms with Crippen molar-refractivity contribution in [2.75, 3.05) is 19.5 Å². The van der Waals surface area contributed by atoms with Crippen molar-refractivity contribution in [3.8, 4) is 11.5 Å². The average molecular weight is 339 g/mol. The Balaban J connectivity index is 2.07. The van der Waals surface area contributed by atoms with E-state index in [-0.39, 0.29) is 0 Å². The third-order valence-corrected chi connectivity index (χ3v) is 3.80. The molecule has 1 atom stereocenters. The average Bonchev–Trinajstić information content (AvgIpc) is 2.65. The maximum Gasteiger partial charge on any atom is 0.330 e. The lowest BCUT2D eigenvalue weighted by molar-refractivity contribution is -0.138. The van der Waals surface area contributed by atoms with Crippen LogP contribution < -0.4 is 14.8 Å². The minimum atomic E-state index is -1.00. The first kappa shape index (κ1) is 16.5. The Morgan fingerprint density at radius 1 is 1.08 bits per heavy atom. The zero-order valence-electron chi connectivity index (χ0n) is 13.8. The van der Waals surface area contributed by atoms with Gasteiger partial charge in [0.05, 0.1) is 19.7 Å². The minimum Gasteiger partial charge on any atom is -0.493 e. The molecule has 2 aromatic carbocycles. The van der Waals surface area contributed by atoms with Crippen LogP contribution in [-0.2, 0) is 4.79 Å². The molecule has 0 bridgehead atoms. The number of carbonyl (C=O) groups is 1. The standard InChI is InChI=1S/C18H17N3O4/c1-24-14-8-12-13(9-15(14)25-2)19-10-20-17(12)21-16(18(22)23)11-6-4-3-5-7-11/h3-10,16H,1-2H3,(H,22,23)(H,19,20,21). The fourth-order valence-electron chi connectivity index (χ4n) is 2.57. The normalized spacial score (nSPS) is 11.8. The van der Waals surface area contributed by atoms with Crippen LogP contribution in [0.25, 0.3) is 10.9 Å². The Bertz CT molecular complexity index is 899. The Kier molecular flexibility index (Phi) is 4.65. The zero-order chi connectivity index (χ0) is 17.8. The molecule has 7 heteroatoms. The topological polar surface area (TPSA) is 93.6 Å².